The smallest absolute Gasteiger partial charge is 0.339 e. The van der Waals surface area contributed by atoms with Gasteiger partial charge in [-0.15, -0.1) is 0 Å². The van der Waals surface area contributed by atoms with Gasteiger partial charge in [-0.05, 0) is 6.07 Å². The van der Waals surface area contributed by atoms with Gasteiger partial charge in [0.1, 0.15) is 17.4 Å². The summed E-state index contributed by atoms with van der Waals surface area (Å²) in [5.41, 5.74) is -0.443. The maximum Gasteiger partial charge on any atom is 0.339 e. The summed E-state index contributed by atoms with van der Waals surface area (Å²) in [6.07, 6.45) is 0.904. The van der Waals surface area contributed by atoms with E-state index in [0.29, 0.717) is 0 Å². The number of aromatic carboxylic acids is 1. The van der Waals surface area contributed by atoms with Crippen LogP contribution < -0.4 is 4.74 Å². The van der Waals surface area contributed by atoms with E-state index in [1.165, 1.54) is 7.11 Å². The van der Waals surface area contributed by atoms with Crippen molar-refractivity contribution >= 4 is 15.8 Å². The molecule has 0 spiro atoms. The predicted molar refractivity (Wildman–Crippen MR) is 57.8 cm³/mol. The van der Waals surface area contributed by atoms with Gasteiger partial charge in [-0.2, -0.15) is 5.26 Å². The number of carbonyl (C=O) groups is 1. The number of sulfone groups is 1. The van der Waals surface area contributed by atoms with Gasteiger partial charge in [-0.25, -0.2) is 13.2 Å². The third-order valence-corrected chi connectivity index (χ3v) is 3.19. The van der Waals surface area contributed by atoms with Crippen LogP contribution in [0, 0.1) is 11.3 Å². The van der Waals surface area contributed by atoms with Crippen molar-refractivity contribution in [1.29, 1.82) is 5.26 Å². The number of hydrogen-bond donors (Lipinski definition) is 1. The molecule has 0 saturated carbocycles. The Morgan fingerprint density at radius 3 is 2.41 bits per heavy atom. The standard InChI is InChI=1S/C10H9NO5S/c1-16-8-3-6(5-11)9(17(2,14)15)4-7(8)10(12)13/h3-4H,1-2H3,(H,12,13). The number of nitriles is 1. The third-order valence-electron chi connectivity index (χ3n) is 2.05. The van der Waals surface area contributed by atoms with Gasteiger partial charge in [-0.1, -0.05) is 0 Å². The number of benzene rings is 1. The topological polar surface area (TPSA) is 104 Å². The molecule has 0 radical (unpaired) electrons. The first kappa shape index (κ1) is 13.0. The molecular weight excluding hydrogens is 246 g/mol. The average Bonchev–Trinajstić information content (AvgIpc) is 2.25. The highest BCUT2D eigenvalue weighted by Gasteiger charge is 2.20. The fourth-order valence-electron chi connectivity index (χ4n) is 1.29. The lowest BCUT2D eigenvalue weighted by Crippen LogP contribution is -2.07. The van der Waals surface area contributed by atoms with Gasteiger partial charge in [0.2, 0.25) is 0 Å². The van der Waals surface area contributed by atoms with Crippen LogP contribution in [0.2, 0.25) is 0 Å². The van der Waals surface area contributed by atoms with E-state index in [9.17, 15) is 13.2 Å². The fraction of sp³-hybridized carbons (Fsp3) is 0.200. The quantitative estimate of drug-likeness (QED) is 0.851. The molecule has 0 fully saturated rings. The maximum absolute atomic E-state index is 11.4. The molecule has 90 valence electrons. The average molecular weight is 255 g/mol. The normalized spacial score (nSPS) is 10.6. The second-order valence-corrected chi connectivity index (χ2v) is 5.22. The number of nitrogens with zero attached hydrogens (tertiary/aromatic N) is 1. The van der Waals surface area contributed by atoms with Crippen molar-refractivity contribution in [2.45, 2.75) is 4.90 Å². The molecule has 0 atom stereocenters. The highest BCUT2D eigenvalue weighted by atomic mass is 32.2. The first-order valence-corrected chi connectivity index (χ1v) is 6.26. The van der Waals surface area contributed by atoms with Crippen molar-refractivity contribution in [1.82, 2.24) is 0 Å². The van der Waals surface area contributed by atoms with Gasteiger partial charge in [0.15, 0.2) is 9.84 Å². The molecule has 0 heterocycles. The highest BCUT2D eigenvalue weighted by molar-refractivity contribution is 7.90. The Bertz CT molecular complexity index is 612. The minimum Gasteiger partial charge on any atom is -0.496 e. The minimum absolute atomic E-state index is 0.0542. The van der Waals surface area contributed by atoms with E-state index in [2.05, 4.69) is 0 Å². The number of carboxylic acid groups (broad SMARTS) is 1. The molecule has 1 rings (SSSR count). The molecule has 0 aliphatic heterocycles. The number of hydrogen-bond acceptors (Lipinski definition) is 5. The van der Waals surface area contributed by atoms with Gasteiger partial charge < -0.3 is 9.84 Å². The molecule has 0 aromatic heterocycles. The summed E-state index contributed by atoms with van der Waals surface area (Å²) in [6.45, 7) is 0. The van der Waals surface area contributed by atoms with Crippen molar-refractivity contribution in [2.24, 2.45) is 0 Å². The lowest BCUT2D eigenvalue weighted by Gasteiger charge is -2.08. The van der Waals surface area contributed by atoms with Gasteiger partial charge >= 0.3 is 5.97 Å². The summed E-state index contributed by atoms with van der Waals surface area (Å²) in [4.78, 5) is 10.6. The van der Waals surface area contributed by atoms with E-state index in [1.807, 2.05) is 0 Å². The third kappa shape index (κ3) is 2.54. The van der Waals surface area contributed by atoms with Crippen LogP contribution >= 0.6 is 0 Å². The zero-order valence-corrected chi connectivity index (χ0v) is 9.91. The Labute approximate surface area is 98.0 Å². The SMILES string of the molecule is COc1cc(C#N)c(S(C)(=O)=O)cc1C(=O)O. The number of ether oxygens (including phenoxy) is 1. The molecule has 7 heteroatoms. The first-order valence-electron chi connectivity index (χ1n) is 4.36. The lowest BCUT2D eigenvalue weighted by atomic mass is 10.1. The summed E-state index contributed by atoms with van der Waals surface area (Å²) in [6, 6.07) is 3.71. The van der Waals surface area contributed by atoms with E-state index in [-0.39, 0.29) is 21.8 Å². The van der Waals surface area contributed by atoms with Gasteiger partial charge in [0.25, 0.3) is 0 Å². The molecule has 0 aliphatic carbocycles. The highest BCUT2D eigenvalue weighted by Crippen LogP contribution is 2.26. The Kier molecular flexibility index (Phi) is 3.39. The number of methoxy groups -OCH3 is 1. The van der Waals surface area contributed by atoms with Crippen LogP contribution in [0.3, 0.4) is 0 Å². The molecule has 17 heavy (non-hydrogen) atoms. The van der Waals surface area contributed by atoms with Gasteiger partial charge in [0.05, 0.1) is 17.6 Å². The van der Waals surface area contributed by atoms with Crippen LogP contribution in [-0.4, -0.2) is 32.9 Å². The van der Waals surface area contributed by atoms with Crippen molar-refractivity contribution in [2.75, 3.05) is 13.4 Å². The summed E-state index contributed by atoms with van der Waals surface area (Å²) >= 11 is 0. The first-order chi connectivity index (χ1) is 7.81. The second-order valence-electron chi connectivity index (χ2n) is 3.24. The van der Waals surface area contributed by atoms with E-state index in [1.54, 1.807) is 6.07 Å². The Morgan fingerprint density at radius 1 is 1.47 bits per heavy atom. The molecule has 0 saturated heterocycles. The van der Waals surface area contributed by atoms with Crippen LogP contribution in [0.5, 0.6) is 5.75 Å². The molecule has 0 bridgehead atoms. The molecule has 1 aromatic rings. The van der Waals surface area contributed by atoms with Crippen molar-refractivity contribution < 1.29 is 23.1 Å². The second kappa shape index (κ2) is 4.43. The Balaban J connectivity index is 3.70. The molecule has 0 amide bonds. The van der Waals surface area contributed by atoms with Crippen LogP contribution in [-0.2, 0) is 9.84 Å². The zero-order chi connectivity index (χ0) is 13.2. The van der Waals surface area contributed by atoms with Gasteiger partial charge in [0, 0.05) is 12.3 Å². The lowest BCUT2D eigenvalue weighted by molar-refractivity contribution is 0.0693. The minimum atomic E-state index is -3.67. The van der Waals surface area contributed by atoms with E-state index in [4.69, 9.17) is 15.1 Å². The van der Waals surface area contributed by atoms with Crippen LogP contribution in [0.1, 0.15) is 15.9 Å². The van der Waals surface area contributed by atoms with Crippen LogP contribution in [0.15, 0.2) is 17.0 Å². The van der Waals surface area contributed by atoms with E-state index in [0.717, 1.165) is 18.4 Å². The summed E-state index contributed by atoms with van der Waals surface area (Å²) < 4.78 is 27.6. The molecular formula is C10H9NO5S. The monoisotopic (exact) mass is 255 g/mol. The molecule has 0 unspecified atom stereocenters. The summed E-state index contributed by atoms with van der Waals surface area (Å²) in [5.74, 6) is -1.38. The van der Waals surface area contributed by atoms with E-state index < -0.39 is 15.8 Å². The summed E-state index contributed by atoms with van der Waals surface area (Å²) in [7, 11) is -2.43. The van der Waals surface area contributed by atoms with Gasteiger partial charge in [-0.3, -0.25) is 0 Å². The Hall–Kier alpha value is -2.07. The number of rotatable bonds is 3. The van der Waals surface area contributed by atoms with Crippen molar-refractivity contribution in [3.05, 3.63) is 23.3 Å². The molecule has 0 aliphatic rings. The summed E-state index contributed by atoms with van der Waals surface area (Å²) in [5, 5.41) is 17.7. The number of carboxylic acids is 1. The van der Waals surface area contributed by atoms with Crippen LogP contribution in [0.25, 0.3) is 0 Å². The van der Waals surface area contributed by atoms with E-state index >= 15 is 0 Å². The molecule has 1 N–H and O–H groups in total. The molecule has 1 aromatic carbocycles. The Morgan fingerprint density at radius 2 is 2.06 bits per heavy atom. The largest absolute Gasteiger partial charge is 0.496 e. The molecule has 6 nitrogen and oxygen atoms in total. The van der Waals surface area contributed by atoms with Crippen molar-refractivity contribution in [3.8, 4) is 11.8 Å². The predicted octanol–water partition coefficient (Wildman–Crippen LogP) is 0.669. The zero-order valence-electron chi connectivity index (χ0n) is 9.09. The maximum atomic E-state index is 11.4. The van der Waals surface area contributed by atoms with Crippen molar-refractivity contribution in [3.63, 3.8) is 0 Å². The fourth-order valence-corrected chi connectivity index (χ4v) is 2.13. The van der Waals surface area contributed by atoms with Crippen LogP contribution in [0.4, 0.5) is 0 Å².